The highest BCUT2D eigenvalue weighted by molar-refractivity contribution is 5.41. The Balaban J connectivity index is 2.09. The van der Waals surface area contributed by atoms with E-state index in [2.05, 4.69) is 21.8 Å². The van der Waals surface area contributed by atoms with Crippen LogP contribution in [0.1, 0.15) is 33.6 Å². The maximum Gasteiger partial charge on any atom is 0.218 e. The Morgan fingerprint density at radius 2 is 2.26 bits per heavy atom. The van der Waals surface area contributed by atoms with Crippen LogP contribution >= 0.6 is 0 Å². The van der Waals surface area contributed by atoms with E-state index in [1.165, 1.54) is 0 Å². The molecule has 2 atom stereocenters. The summed E-state index contributed by atoms with van der Waals surface area (Å²) in [6.45, 7) is 8.11. The second-order valence-corrected chi connectivity index (χ2v) is 5.45. The summed E-state index contributed by atoms with van der Waals surface area (Å²) in [6, 6.07) is 2.23. The van der Waals surface area contributed by atoms with E-state index in [0.29, 0.717) is 17.8 Å². The fraction of sp³-hybridized carbons (Fsp3) is 0.714. The number of piperidine rings is 1. The number of hydrogen-bond donors (Lipinski definition) is 1. The number of nitrogens with zero attached hydrogens (tertiary/aromatic N) is 3. The van der Waals surface area contributed by atoms with Gasteiger partial charge in [0.2, 0.25) is 5.88 Å². The van der Waals surface area contributed by atoms with E-state index in [-0.39, 0.29) is 6.10 Å². The van der Waals surface area contributed by atoms with E-state index in [0.717, 1.165) is 31.7 Å². The first-order valence-corrected chi connectivity index (χ1v) is 7.09. The minimum Gasteiger partial charge on any atom is -0.475 e. The van der Waals surface area contributed by atoms with Crippen LogP contribution in [0.15, 0.2) is 12.4 Å². The van der Waals surface area contributed by atoms with Crippen molar-refractivity contribution in [3.05, 3.63) is 12.4 Å². The minimum absolute atomic E-state index is 0.126. The molecule has 1 fully saturated rings. The summed E-state index contributed by atoms with van der Waals surface area (Å²) in [5.41, 5.74) is 6.14. The summed E-state index contributed by atoms with van der Waals surface area (Å²) in [5.74, 6) is 2.12. The van der Waals surface area contributed by atoms with Crippen LogP contribution in [0.5, 0.6) is 5.88 Å². The summed E-state index contributed by atoms with van der Waals surface area (Å²) in [7, 11) is 0. The van der Waals surface area contributed by atoms with Gasteiger partial charge in [-0.25, -0.2) is 9.97 Å². The average Bonchev–Trinajstić information content (AvgIpc) is 2.39. The summed E-state index contributed by atoms with van der Waals surface area (Å²) in [5, 5.41) is 0. The molecule has 0 saturated carbocycles. The van der Waals surface area contributed by atoms with Gasteiger partial charge < -0.3 is 15.4 Å². The predicted octanol–water partition coefficient (Wildman–Crippen LogP) is 1.83. The number of nitrogens with two attached hydrogens (primary N) is 1. The fourth-order valence-corrected chi connectivity index (χ4v) is 2.50. The molecular formula is C14H24N4O. The molecule has 5 heteroatoms. The lowest BCUT2D eigenvalue weighted by molar-refractivity contribution is 0.232. The summed E-state index contributed by atoms with van der Waals surface area (Å²) in [6.07, 6.45) is 3.82. The van der Waals surface area contributed by atoms with Gasteiger partial charge in [-0.2, -0.15) is 0 Å². The second kappa shape index (κ2) is 6.19. The molecule has 0 bridgehead atoms. The van der Waals surface area contributed by atoms with Crippen molar-refractivity contribution in [2.75, 3.05) is 18.0 Å². The molecule has 1 aromatic heterocycles. The Hall–Kier alpha value is -1.36. The van der Waals surface area contributed by atoms with Crippen molar-refractivity contribution in [1.29, 1.82) is 0 Å². The van der Waals surface area contributed by atoms with Gasteiger partial charge in [0.25, 0.3) is 0 Å². The molecule has 1 aliphatic rings. The summed E-state index contributed by atoms with van der Waals surface area (Å²) in [4.78, 5) is 10.8. The number of aromatic nitrogens is 2. The van der Waals surface area contributed by atoms with E-state index in [4.69, 9.17) is 10.5 Å². The lowest BCUT2D eigenvalue weighted by Gasteiger charge is -2.37. The first-order chi connectivity index (χ1) is 9.10. The molecule has 2 heterocycles. The minimum atomic E-state index is 0.126. The lowest BCUT2D eigenvalue weighted by Crippen LogP contribution is -2.47. The van der Waals surface area contributed by atoms with Gasteiger partial charge in [0.15, 0.2) is 0 Å². The lowest BCUT2D eigenvalue weighted by atomic mass is 9.91. The molecule has 2 unspecified atom stereocenters. The van der Waals surface area contributed by atoms with Crippen LogP contribution in [0.2, 0.25) is 0 Å². The number of anilines is 1. The van der Waals surface area contributed by atoms with Crippen LogP contribution in [0, 0.1) is 5.92 Å². The maximum absolute atomic E-state index is 6.14. The SMILES string of the molecule is CCC1CN(c2cc(OC(C)C)ncn2)CCC1N. The van der Waals surface area contributed by atoms with Gasteiger partial charge >= 0.3 is 0 Å². The van der Waals surface area contributed by atoms with Gasteiger partial charge in [0.1, 0.15) is 12.1 Å². The molecule has 0 amide bonds. The van der Waals surface area contributed by atoms with E-state index in [1.807, 2.05) is 19.9 Å². The molecular weight excluding hydrogens is 240 g/mol. The van der Waals surface area contributed by atoms with Crippen molar-refractivity contribution in [3.63, 3.8) is 0 Å². The molecule has 1 saturated heterocycles. The third-order valence-electron chi connectivity index (χ3n) is 3.63. The largest absolute Gasteiger partial charge is 0.475 e. The molecule has 2 N–H and O–H groups in total. The van der Waals surface area contributed by atoms with Crippen molar-refractivity contribution in [2.24, 2.45) is 11.7 Å². The van der Waals surface area contributed by atoms with Gasteiger partial charge in [-0.05, 0) is 26.2 Å². The number of hydrogen-bond acceptors (Lipinski definition) is 5. The Morgan fingerprint density at radius 1 is 1.47 bits per heavy atom. The highest BCUT2D eigenvalue weighted by Gasteiger charge is 2.26. The molecule has 1 aliphatic heterocycles. The van der Waals surface area contributed by atoms with Crippen molar-refractivity contribution < 1.29 is 4.74 Å². The van der Waals surface area contributed by atoms with E-state index in [9.17, 15) is 0 Å². The smallest absolute Gasteiger partial charge is 0.218 e. The van der Waals surface area contributed by atoms with Gasteiger partial charge in [0.05, 0.1) is 6.10 Å². The maximum atomic E-state index is 6.14. The van der Waals surface area contributed by atoms with Gasteiger partial charge in [-0.1, -0.05) is 13.3 Å². The molecule has 106 valence electrons. The highest BCUT2D eigenvalue weighted by atomic mass is 16.5. The zero-order valence-electron chi connectivity index (χ0n) is 12.0. The molecule has 5 nitrogen and oxygen atoms in total. The van der Waals surface area contributed by atoms with Gasteiger partial charge in [0, 0.05) is 25.2 Å². The molecule has 0 aliphatic carbocycles. The van der Waals surface area contributed by atoms with E-state index < -0.39 is 0 Å². The normalized spacial score (nSPS) is 23.7. The standard InChI is InChI=1S/C14H24N4O/c1-4-11-8-18(6-5-12(11)15)13-7-14(17-9-16-13)19-10(2)3/h7,9-12H,4-6,8,15H2,1-3H3. The Labute approximate surface area is 115 Å². The first kappa shape index (κ1) is 14.1. The molecule has 0 aromatic carbocycles. The molecule has 0 radical (unpaired) electrons. The Bertz CT molecular complexity index is 410. The third-order valence-corrected chi connectivity index (χ3v) is 3.63. The zero-order chi connectivity index (χ0) is 13.8. The van der Waals surface area contributed by atoms with Crippen LogP contribution < -0.4 is 15.4 Å². The highest BCUT2D eigenvalue weighted by Crippen LogP contribution is 2.24. The predicted molar refractivity (Wildman–Crippen MR) is 76.4 cm³/mol. The quantitative estimate of drug-likeness (QED) is 0.898. The van der Waals surface area contributed by atoms with Gasteiger partial charge in [-0.3, -0.25) is 0 Å². The Morgan fingerprint density at radius 3 is 2.95 bits per heavy atom. The van der Waals surface area contributed by atoms with E-state index in [1.54, 1.807) is 6.33 Å². The molecule has 0 spiro atoms. The molecule has 19 heavy (non-hydrogen) atoms. The van der Waals surface area contributed by atoms with Crippen molar-refractivity contribution in [1.82, 2.24) is 9.97 Å². The summed E-state index contributed by atoms with van der Waals surface area (Å²) >= 11 is 0. The van der Waals surface area contributed by atoms with Crippen molar-refractivity contribution in [2.45, 2.75) is 45.8 Å². The van der Waals surface area contributed by atoms with Crippen LogP contribution in [0.25, 0.3) is 0 Å². The second-order valence-electron chi connectivity index (χ2n) is 5.45. The van der Waals surface area contributed by atoms with Crippen molar-refractivity contribution >= 4 is 5.82 Å². The van der Waals surface area contributed by atoms with Crippen molar-refractivity contribution in [3.8, 4) is 5.88 Å². The number of ether oxygens (including phenoxy) is 1. The van der Waals surface area contributed by atoms with Crippen LogP contribution in [0.3, 0.4) is 0 Å². The summed E-state index contributed by atoms with van der Waals surface area (Å²) < 4.78 is 5.62. The van der Waals surface area contributed by atoms with Gasteiger partial charge in [-0.15, -0.1) is 0 Å². The zero-order valence-corrected chi connectivity index (χ0v) is 12.0. The van der Waals surface area contributed by atoms with Crippen LogP contribution in [0.4, 0.5) is 5.82 Å². The fourth-order valence-electron chi connectivity index (χ4n) is 2.50. The van der Waals surface area contributed by atoms with Crippen LogP contribution in [-0.2, 0) is 0 Å². The van der Waals surface area contributed by atoms with E-state index >= 15 is 0 Å². The molecule has 2 rings (SSSR count). The topological polar surface area (TPSA) is 64.3 Å². The Kier molecular flexibility index (Phi) is 4.58. The first-order valence-electron chi connectivity index (χ1n) is 7.09. The number of rotatable bonds is 4. The molecule has 1 aromatic rings. The van der Waals surface area contributed by atoms with Crippen LogP contribution in [-0.4, -0.2) is 35.2 Å². The third kappa shape index (κ3) is 3.56. The monoisotopic (exact) mass is 264 g/mol. The average molecular weight is 264 g/mol.